The van der Waals surface area contributed by atoms with Gasteiger partial charge in [0.15, 0.2) is 0 Å². The molecule has 1 saturated carbocycles. The lowest BCUT2D eigenvalue weighted by atomic mass is 9.68. The van der Waals surface area contributed by atoms with Gasteiger partial charge in [0.05, 0.1) is 11.3 Å². The molecule has 1 aliphatic carbocycles. The van der Waals surface area contributed by atoms with Crippen molar-refractivity contribution in [2.24, 2.45) is 10.4 Å². The number of rotatable bonds is 4. The normalized spacial score (nSPS) is 19.2. The van der Waals surface area contributed by atoms with E-state index in [1.54, 1.807) is 30.5 Å². The van der Waals surface area contributed by atoms with Crippen molar-refractivity contribution in [1.29, 1.82) is 0 Å². The number of carbonyl (C=O) groups is 1. The summed E-state index contributed by atoms with van der Waals surface area (Å²) >= 11 is 0. The molecule has 0 aromatic heterocycles. The number of nitrogens with zero attached hydrogens (tertiary/aromatic N) is 2. The van der Waals surface area contributed by atoms with E-state index in [1.807, 2.05) is 0 Å². The molecule has 1 saturated heterocycles. The van der Waals surface area contributed by atoms with Crippen molar-refractivity contribution < 1.29 is 9.90 Å². The maximum atomic E-state index is 11.3. The summed E-state index contributed by atoms with van der Waals surface area (Å²) < 4.78 is 0. The molecule has 1 heterocycles. The summed E-state index contributed by atoms with van der Waals surface area (Å²) in [5.74, 6) is -0.955. The van der Waals surface area contributed by atoms with Gasteiger partial charge in [-0.3, -0.25) is 4.99 Å². The molecule has 1 aliphatic heterocycles. The van der Waals surface area contributed by atoms with Crippen molar-refractivity contribution in [3.63, 3.8) is 0 Å². The van der Waals surface area contributed by atoms with Gasteiger partial charge in [-0.05, 0) is 60.9 Å². The molecule has 0 radical (unpaired) electrons. The molecule has 2 aromatic carbocycles. The Morgan fingerprint density at radius 2 is 1.61 bits per heavy atom. The summed E-state index contributed by atoms with van der Waals surface area (Å²) in [6, 6.07) is 15.3. The standard InChI is InChI=1S/C24H28N2O2/c27-23(28)21-6-2-3-7-22(21)25-18-19-8-10-20(11-9-19)26-16-14-24(15-17-26)12-4-1-5-13-24/h2-3,6-11,18H,1,4-5,12-17H2,(H,27,28). The van der Waals surface area contributed by atoms with E-state index >= 15 is 0 Å². The van der Waals surface area contributed by atoms with Crippen LogP contribution < -0.4 is 4.90 Å². The highest BCUT2D eigenvalue weighted by Gasteiger charge is 2.35. The fourth-order valence-corrected chi connectivity index (χ4v) is 4.72. The molecule has 0 atom stereocenters. The van der Waals surface area contributed by atoms with E-state index < -0.39 is 5.97 Å². The Bertz CT molecular complexity index is 841. The zero-order valence-corrected chi connectivity index (χ0v) is 16.3. The molecule has 4 rings (SSSR count). The Kier molecular flexibility index (Phi) is 5.47. The molecule has 1 spiro atoms. The summed E-state index contributed by atoms with van der Waals surface area (Å²) in [5, 5.41) is 9.26. The van der Waals surface area contributed by atoms with Crippen LogP contribution in [0.5, 0.6) is 0 Å². The van der Waals surface area contributed by atoms with Gasteiger partial charge in [0.1, 0.15) is 0 Å². The second-order valence-electron chi connectivity index (χ2n) is 8.22. The zero-order chi connectivity index (χ0) is 19.4. The average Bonchev–Trinajstić information content (AvgIpc) is 2.74. The molecule has 4 heteroatoms. The van der Waals surface area contributed by atoms with Crippen LogP contribution in [-0.2, 0) is 0 Å². The molecule has 4 nitrogen and oxygen atoms in total. The van der Waals surface area contributed by atoms with E-state index in [-0.39, 0.29) is 5.56 Å². The fraction of sp³-hybridized carbons (Fsp3) is 0.417. The first-order chi connectivity index (χ1) is 13.7. The van der Waals surface area contributed by atoms with E-state index in [1.165, 1.54) is 50.6 Å². The maximum Gasteiger partial charge on any atom is 0.337 e. The van der Waals surface area contributed by atoms with Crippen molar-refractivity contribution in [1.82, 2.24) is 0 Å². The minimum absolute atomic E-state index is 0.223. The molecule has 0 amide bonds. The Morgan fingerprint density at radius 1 is 0.929 bits per heavy atom. The molecule has 2 aliphatic rings. The van der Waals surface area contributed by atoms with Gasteiger partial charge in [-0.2, -0.15) is 0 Å². The van der Waals surface area contributed by atoms with E-state index in [0.717, 1.165) is 18.7 Å². The van der Waals surface area contributed by atoms with Gasteiger partial charge in [0, 0.05) is 25.0 Å². The quantitative estimate of drug-likeness (QED) is 0.698. The highest BCUT2D eigenvalue weighted by Crippen LogP contribution is 2.45. The highest BCUT2D eigenvalue weighted by atomic mass is 16.4. The molecule has 2 aromatic rings. The summed E-state index contributed by atoms with van der Waals surface area (Å²) in [5.41, 5.74) is 3.57. The molecule has 28 heavy (non-hydrogen) atoms. The number of aliphatic imine (C=N–C) groups is 1. The zero-order valence-electron chi connectivity index (χ0n) is 16.3. The van der Waals surface area contributed by atoms with E-state index in [0.29, 0.717) is 11.1 Å². The topological polar surface area (TPSA) is 52.9 Å². The number of carboxylic acid groups (broad SMARTS) is 1. The van der Waals surface area contributed by atoms with Gasteiger partial charge in [0.2, 0.25) is 0 Å². The first-order valence-corrected chi connectivity index (χ1v) is 10.4. The van der Waals surface area contributed by atoms with Crippen LogP contribution >= 0.6 is 0 Å². The fourth-order valence-electron chi connectivity index (χ4n) is 4.72. The lowest BCUT2D eigenvalue weighted by molar-refractivity contribution is 0.0698. The van der Waals surface area contributed by atoms with Crippen molar-refractivity contribution in [2.75, 3.05) is 18.0 Å². The van der Waals surface area contributed by atoms with Gasteiger partial charge in [-0.15, -0.1) is 0 Å². The predicted octanol–water partition coefficient (Wildman–Crippen LogP) is 5.69. The largest absolute Gasteiger partial charge is 0.478 e. The smallest absolute Gasteiger partial charge is 0.337 e. The van der Waals surface area contributed by atoms with Crippen LogP contribution in [0.4, 0.5) is 11.4 Å². The Hall–Kier alpha value is -2.62. The minimum Gasteiger partial charge on any atom is -0.478 e. The molecule has 0 bridgehead atoms. The number of benzene rings is 2. The minimum atomic E-state index is -0.955. The van der Waals surface area contributed by atoms with Crippen LogP contribution in [0.2, 0.25) is 0 Å². The third-order valence-corrected chi connectivity index (χ3v) is 6.48. The van der Waals surface area contributed by atoms with Crippen LogP contribution in [0.1, 0.15) is 60.9 Å². The van der Waals surface area contributed by atoms with Crippen LogP contribution in [-0.4, -0.2) is 30.4 Å². The second kappa shape index (κ2) is 8.17. The van der Waals surface area contributed by atoms with Crippen LogP contribution in [0, 0.1) is 5.41 Å². The van der Waals surface area contributed by atoms with Crippen LogP contribution in [0.25, 0.3) is 0 Å². The number of hydrogen-bond acceptors (Lipinski definition) is 3. The first kappa shape index (κ1) is 18.7. The molecule has 2 fully saturated rings. The Balaban J connectivity index is 1.40. The lowest BCUT2D eigenvalue weighted by Gasteiger charge is -2.45. The van der Waals surface area contributed by atoms with Gasteiger partial charge in [0.25, 0.3) is 0 Å². The summed E-state index contributed by atoms with van der Waals surface area (Å²) in [4.78, 5) is 18.2. The lowest BCUT2D eigenvalue weighted by Crippen LogP contribution is -2.41. The molecular formula is C24H28N2O2. The highest BCUT2D eigenvalue weighted by molar-refractivity contribution is 5.95. The molecular weight excluding hydrogens is 348 g/mol. The van der Waals surface area contributed by atoms with Crippen LogP contribution in [0.15, 0.2) is 53.5 Å². The average molecular weight is 377 g/mol. The maximum absolute atomic E-state index is 11.3. The number of hydrogen-bond donors (Lipinski definition) is 1. The Morgan fingerprint density at radius 3 is 2.29 bits per heavy atom. The van der Waals surface area contributed by atoms with Gasteiger partial charge in [-0.1, -0.05) is 43.5 Å². The van der Waals surface area contributed by atoms with Gasteiger partial charge in [-0.25, -0.2) is 4.79 Å². The van der Waals surface area contributed by atoms with Gasteiger partial charge >= 0.3 is 5.97 Å². The van der Waals surface area contributed by atoms with E-state index in [2.05, 4.69) is 34.2 Å². The molecule has 1 N–H and O–H groups in total. The van der Waals surface area contributed by atoms with Crippen molar-refractivity contribution >= 4 is 23.6 Å². The van der Waals surface area contributed by atoms with Crippen molar-refractivity contribution in [3.8, 4) is 0 Å². The van der Waals surface area contributed by atoms with E-state index in [9.17, 15) is 9.90 Å². The second-order valence-corrected chi connectivity index (χ2v) is 8.22. The number of aromatic carboxylic acids is 1. The van der Waals surface area contributed by atoms with Crippen molar-refractivity contribution in [2.45, 2.75) is 44.9 Å². The Labute approximate surface area is 166 Å². The number of anilines is 1. The van der Waals surface area contributed by atoms with Gasteiger partial charge < -0.3 is 10.0 Å². The predicted molar refractivity (Wildman–Crippen MR) is 114 cm³/mol. The molecule has 146 valence electrons. The van der Waals surface area contributed by atoms with Crippen LogP contribution in [0.3, 0.4) is 0 Å². The van der Waals surface area contributed by atoms with Crippen molar-refractivity contribution in [3.05, 3.63) is 59.7 Å². The third kappa shape index (κ3) is 4.11. The number of para-hydroxylation sites is 1. The SMILES string of the molecule is O=C(O)c1ccccc1N=Cc1ccc(N2CCC3(CCCCC3)CC2)cc1. The summed E-state index contributed by atoms with van der Waals surface area (Å²) in [6.45, 7) is 2.30. The van der Waals surface area contributed by atoms with E-state index in [4.69, 9.17) is 0 Å². The third-order valence-electron chi connectivity index (χ3n) is 6.48. The summed E-state index contributed by atoms with van der Waals surface area (Å²) in [6.07, 6.45) is 11.5. The number of carboxylic acids is 1. The first-order valence-electron chi connectivity index (χ1n) is 10.4. The monoisotopic (exact) mass is 376 g/mol. The molecule has 0 unspecified atom stereocenters. The summed E-state index contributed by atoms with van der Waals surface area (Å²) in [7, 11) is 0. The number of piperidine rings is 1.